The molecule has 1 aromatic carbocycles. The second-order valence-corrected chi connectivity index (χ2v) is 4.57. The molecule has 1 N–H and O–H groups in total. The highest BCUT2D eigenvalue weighted by Gasteiger charge is 2.10. The van der Waals surface area contributed by atoms with E-state index in [0.29, 0.717) is 0 Å². The first-order valence-corrected chi connectivity index (χ1v) is 6.04. The first kappa shape index (κ1) is 12.8. The first-order chi connectivity index (χ1) is 8.56. The number of nitrogens with one attached hydrogen (secondary N) is 1. The SMILES string of the molecule is Cc1nn(C)cc1C(C)NCc1ccc(F)cc1. The van der Waals surface area contributed by atoms with Crippen molar-refractivity contribution in [3.63, 3.8) is 0 Å². The van der Waals surface area contributed by atoms with Crippen LogP contribution in [0.2, 0.25) is 0 Å². The third kappa shape index (κ3) is 2.96. The smallest absolute Gasteiger partial charge is 0.123 e. The predicted molar refractivity (Wildman–Crippen MR) is 69.6 cm³/mol. The highest BCUT2D eigenvalue weighted by Crippen LogP contribution is 2.16. The maximum absolute atomic E-state index is 12.8. The van der Waals surface area contributed by atoms with E-state index in [-0.39, 0.29) is 11.9 Å². The number of aromatic nitrogens is 2. The fourth-order valence-corrected chi connectivity index (χ4v) is 2.03. The van der Waals surface area contributed by atoms with Gasteiger partial charge in [0, 0.05) is 31.4 Å². The van der Waals surface area contributed by atoms with Crippen molar-refractivity contribution < 1.29 is 4.39 Å². The van der Waals surface area contributed by atoms with E-state index >= 15 is 0 Å². The lowest BCUT2D eigenvalue weighted by atomic mass is 10.1. The summed E-state index contributed by atoms with van der Waals surface area (Å²) >= 11 is 0. The number of hydrogen-bond donors (Lipinski definition) is 1. The van der Waals surface area contributed by atoms with Gasteiger partial charge in [0.25, 0.3) is 0 Å². The molecule has 0 bridgehead atoms. The quantitative estimate of drug-likeness (QED) is 0.900. The van der Waals surface area contributed by atoms with Crippen molar-refractivity contribution in [2.45, 2.75) is 26.4 Å². The molecule has 1 heterocycles. The number of aryl methyl sites for hydroxylation is 2. The third-order valence-corrected chi connectivity index (χ3v) is 3.04. The lowest BCUT2D eigenvalue weighted by Crippen LogP contribution is -2.18. The minimum absolute atomic E-state index is 0.199. The summed E-state index contributed by atoms with van der Waals surface area (Å²) in [4.78, 5) is 0. The van der Waals surface area contributed by atoms with Crippen LogP contribution in [-0.2, 0) is 13.6 Å². The van der Waals surface area contributed by atoms with Gasteiger partial charge in [-0.05, 0) is 31.5 Å². The number of halogens is 1. The van der Waals surface area contributed by atoms with Crippen LogP contribution in [0.25, 0.3) is 0 Å². The maximum atomic E-state index is 12.8. The lowest BCUT2D eigenvalue weighted by molar-refractivity contribution is 0.570. The molecule has 1 aromatic heterocycles. The predicted octanol–water partition coefficient (Wildman–Crippen LogP) is 2.72. The Kier molecular flexibility index (Phi) is 3.77. The summed E-state index contributed by atoms with van der Waals surface area (Å²) in [5.74, 6) is -0.199. The Hall–Kier alpha value is -1.68. The van der Waals surface area contributed by atoms with Crippen LogP contribution in [0.1, 0.15) is 29.8 Å². The normalized spacial score (nSPS) is 12.7. The number of nitrogens with zero attached hydrogens (tertiary/aromatic N) is 2. The Balaban J connectivity index is 1.98. The van der Waals surface area contributed by atoms with Gasteiger partial charge in [0.15, 0.2) is 0 Å². The van der Waals surface area contributed by atoms with Crippen LogP contribution >= 0.6 is 0 Å². The van der Waals surface area contributed by atoms with Gasteiger partial charge in [0.1, 0.15) is 5.82 Å². The van der Waals surface area contributed by atoms with Crippen molar-refractivity contribution in [1.82, 2.24) is 15.1 Å². The lowest BCUT2D eigenvalue weighted by Gasteiger charge is -2.13. The van der Waals surface area contributed by atoms with E-state index in [1.54, 1.807) is 12.1 Å². The van der Waals surface area contributed by atoms with E-state index in [1.807, 2.05) is 24.9 Å². The van der Waals surface area contributed by atoms with Crippen molar-refractivity contribution in [3.05, 3.63) is 53.1 Å². The van der Waals surface area contributed by atoms with Gasteiger partial charge in [-0.25, -0.2) is 4.39 Å². The topological polar surface area (TPSA) is 29.9 Å². The van der Waals surface area contributed by atoms with Crippen LogP contribution in [0.3, 0.4) is 0 Å². The largest absolute Gasteiger partial charge is 0.306 e. The summed E-state index contributed by atoms with van der Waals surface area (Å²) in [5.41, 5.74) is 3.31. The Morgan fingerprint density at radius 1 is 1.33 bits per heavy atom. The molecule has 0 aliphatic rings. The highest BCUT2D eigenvalue weighted by molar-refractivity contribution is 5.20. The second kappa shape index (κ2) is 5.31. The van der Waals surface area contributed by atoms with Crippen LogP contribution < -0.4 is 5.32 Å². The molecule has 0 aliphatic heterocycles. The molecule has 0 saturated heterocycles. The van der Waals surface area contributed by atoms with Gasteiger partial charge in [0.05, 0.1) is 5.69 Å². The van der Waals surface area contributed by atoms with Crippen LogP contribution in [0.4, 0.5) is 4.39 Å². The van der Waals surface area contributed by atoms with Gasteiger partial charge < -0.3 is 5.32 Å². The van der Waals surface area contributed by atoms with Crippen molar-refractivity contribution >= 4 is 0 Å². The Bertz CT molecular complexity index is 516. The molecular formula is C14H18FN3. The zero-order valence-corrected chi connectivity index (χ0v) is 10.9. The standard InChI is InChI=1S/C14H18FN3/c1-10(14-9-18(3)17-11(14)2)16-8-12-4-6-13(15)7-5-12/h4-7,9-10,16H,8H2,1-3H3. The molecule has 0 spiro atoms. The van der Waals surface area contributed by atoms with Crippen molar-refractivity contribution in [2.24, 2.45) is 7.05 Å². The van der Waals surface area contributed by atoms with E-state index in [9.17, 15) is 4.39 Å². The van der Waals surface area contributed by atoms with Crippen LogP contribution in [-0.4, -0.2) is 9.78 Å². The molecule has 96 valence electrons. The van der Waals surface area contributed by atoms with E-state index in [0.717, 1.165) is 17.8 Å². The summed E-state index contributed by atoms with van der Waals surface area (Å²) in [6, 6.07) is 6.79. The Morgan fingerprint density at radius 3 is 2.56 bits per heavy atom. The maximum Gasteiger partial charge on any atom is 0.123 e. The summed E-state index contributed by atoms with van der Waals surface area (Å²) in [6.07, 6.45) is 2.03. The van der Waals surface area contributed by atoms with E-state index in [4.69, 9.17) is 0 Å². The summed E-state index contributed by atoms with van der Waals surface area (Å²) in [5, 5.41) is 7.74. The molecule has 0 saturated carbocycles. The average Bonchev–Trinajstić information content (AvgIpc) is 2.67. The Labute approximate surface area is 107 Å². The van der Waals surface area contributed by atoms with Gasteiger partial charge in [-0.3, -0.25) is 4.68 Å². The zero-order chi connectivity index (χ0) is 13.1. The average molecular weight is 247 g/mol. The summed E-state index contributed by atoms with van der Waals surface area (Å²) < 4.78 is 14.6. The van der Waals surface area contributed by atoms with Gasteiger partial charge >= 0.3 is 0 Å². The van der Waals surface area contributed by atoms with Crippen LogP contribution in [0.15, 0.2) is 30.5 Å². The molecule has 2 aromatic rings. The molecule has 18 heavy (non-hydrogen) atoms. The highest BCUT2D eigenvalue weighted by atomic mass is 19.1. The molecule has 0 aliphatic carbocycles. The molecule has 1 atom stereocenters. The van der Waals surface area contributed by atoms with Gasteiger partial charge in [-0.2, -0.15) is 5.10 Å². The second-order valence-electron chi connectivity index (χ2n) is 4.57. The summed E-state index contributed by atoms with van der Waals surface area (Å²) in [7, 11) is 1.92. The number of hydrogen-bond acceptors (Lipinski definition) is 2. The molecular weight excluding hydrogens is 229 g/mol. The zero-order valence-electron chi connectivity index (χ0n) is 10.9. The molecule has 1 unspecified atom stereocenters. The van der Waals surface area contributed by atoms with Crippen LogP contribution in [0, 0.1) is 12.7 Å². The number of rotatable bonds is 4. The summed E-state index contributed by atoms with van der Waals surface area (Å²) in [6.45, 7) is 4.83. The third-order valence-electron chi connectivity index (χ3n) is 3.04. The van der Waals surface area contributed by atoms with Gasteiger partial charge in [-0.15, -0.1) is 0 Å². The van der Waals surface area contributed by atoms with Crippen molar-refractivity contribution in [2.75, 3.05) is 0 Å². The molecule has 0 fully saturated rings. The van der Waals surface area contributed by atoms with E-state index in [2.05, 4.69) is 17.3 Å². The number of benzene rings is 1. The first-order valence-electron chi connectivity index (χ1n) is 6.04. The minimum Gasteiger partial charge on any atom is -0.306 e. The van der Waals surface area contributed by atoms with E-state index in [1.165, 1.54) is 17.7 Å². The molecule has 0 amide bonds. The van der Waals surface area contributed by atoms with Gasteiger partial charge in [0.2, 0.25) is 0 Å². The molecule has 0 radical (unpaired) electrons. The van der Waals surface area contributed by atoms with Crippen molar-refractivity contribution in [1.29, 1.82) is 0 Å². The Morgan fingerprint density at radius 2 is 2.00 bits per heavy atom. The molecule has 3 nitrogen and oxygen atoms in total. The minimum atomic E-state index is -0.199. The fraction of sp³-hybridized carbons (Fsp3) is 0.357. The fourth-order valence-electron chi connectivity index (χ4n) is 2.03. The van der Waals surface area contributed by atoms with Crippen molar-refractivity contribution in [3.8, 4) is 0 Å². The van der Waals surface area contributed by atoms with E-state index < -0.39 is 0 Å². The molecule has 2 rings (SSSR count). The van der Waals surface area contributed by atoms with Gasteiger partial charge in [-0.1, -0.05) is 12.1 Å². The monoisotopic (exact) mass is 247 g/mol. The van der Waals surface area contributed by atoms with Crippen LogP contribution in [0.5, 0.6) is 0 Å². The molecule has 4 heteroatoms.